The zero-order valence-electron chi connectivity index (χ0n) is 10.7. The van der Waals surface area contributed by atoms with Crippen molar-refractivity contribution in [1.82, 2.24) is 20.3 Å². The minimum absolute atomic E-state index is 0.767. The Labute approximate surface area is 116 Å². The number of nitrogens with one attached hydrogen (secondary N) is 1. The molecule has 1 aromatic carbocycles. The highest BCUT2D eigenvalue weighted by molar-refractivity contribution is 9.10. The number of hydrogen-bond donors (Lipinski definition) is 1. The van der Waals surface area contributed by atoms with Crippen LogP contribution in [0.1, 0.15) is 24.6 Å². The van der Waals surface area contributed by atoms with E-state index in [0.29, 0.717) is 0 Å². The molecule has 1 heterocycles. The molecule has 0 bridgehead atoms. The van der Waals surface area contributed by atoms with E-state index in [9.17, 15) is 0 Å². The number of halogens is 1. The molecule has 96 valence electrons. The van der Waals surface area contributed by atoms with E-state index in [-0.39, 0.29) is 0 Å². The summed E-state index contributed by atoms with van der Waals surface area (Å²) in [5.41, 5.74) is 3.12. The van der Waals surface area contributed by atoms with E-state index in [2.05, 4.69) is 51.4 Å². The van der Waals surface area contributed by atoms with Gasteiger partial charge in [-0.05, 0) is 43.7 Å². The molecular weight excluding hydrogens is 292 g/mol. The summed E-state index contributed by atoms with van der Waals surface area (Å²) < 4.78 is 1.07. The maximum atomic E-state index is 4.47. The van der Waals surface area contributed by atoms with Crippen molar-refractivity contribution in [1.29, 1.82) is 0 Å². The Bertz CT molecular complexity index is 521. The summed E-state index contributed by atoms with van der Waals surface area (Å²) in [7, 11) is 0. The van der Waals surface area contributed by atoms with Gasteiger partial charge in [-0.3, -0.25) is 0 Å². The molecule has 0 saturated heterocycles. The highest BCUT2D eigenvalue weighted by atomic mass is 79.9. The van der Waals surface area contributed by atoms with Gasteiger partial charge in [0.1, 0.15) is 0 Å². The third-order valence-electron chi connectivity index (χ3n) is 2.65. The highest BCUT2D eigenvalue weighted by Crippen LogP contribution is 2.18. The van der Waals surface area contributed by atoms with Gasteiger partial charge in [-0.25, -0.2) is 0 Å². The molecule has 2 aromatic rings. The second-order valence-electron chi connectivity index (χ2n) is 4.23. The number of benzene rings is 1. The molecule has 1 aromatic heterocycles. The first-order valence-corrected chi connectivity index (χ1v) is 6.88. The van der Waals surface area contributed by atoms with Crippen LogP contribution in [0, 0.1) is 6.92 Å². The van der Waals surface area contributed by atoms with Gasteiger partial charge in [-0.2, -0.15) is 15.0 Å². The number of aromatic nitrogens is 3. The first-order chi connectivity index (χ1) is 8.70. The summed E-state index contributed by atoms with van der Waals surface area (Å²) >= 11 is 3.46. The van der Waals surface area contributed by atoms with Crippen molar-refractivity contribution in [2.75, 3.05) is 6.54 Å². The molecule has 5 heteroatoms. The van der Waals surface area contributed by atoms with Crippen LogP contribution in [0.15, 0.2) is 28.9 Å². The van der Waals surface area contributed by atoms with Gasteiger partial charge in [0.15, 0.2) is 0 Å². The molecule has 1 N–H and O–H groups in total. The van der Waals surface area contributed by atoms with Crippen LogP contribution in [0.25, 0.3) is 5.69 Å². The number of aryl methyl sites for hydroxylation is 1. The molecular formula is C13H17BrN4. The molecule has 0 atom stereocenters. The third kappa shape index (κ3) is 3.17. The standard InChI is InChI=1S/C13H17BrN4/c1-3-6-15-8-12-9-16-18(17-12)13-5-4-11(14)7-10(13)2/h4-5,7,9,15H,3,6,8H2,1-2H3. The van der Waals surface area contributed by atoms with Crippen molar-refractivity contribution in [3.8, 4) is 5.69 Å². The van der Waals surface area contributed by atoms with Crippen LogP contribution in [0.5, 0.6) is 0 Å². The van der Waals surface area contributed by atoms with Crippen LogP contribution in [0.3, 0.4) is 0 Å². The first kappa shape index (κ1) is 13.2. The van der Waals surface area contributed by atoms with Crippen molar-refractivity contribution in [2.24, 2.45) is 0 Å². The van der Waals surface area contributed by atoms with Crippen LogP contribution >= 0.6 is 15.9 Å². The zero-order chi connectivity index (χ0) is 13.0. The molecule has 0 aliphatic carbocycles. The average molecular weight is 309 g/mol. The molecule has 0 radical (unpaired) electrons. The van der Waals surface area contributed by atoms with Gasteiger partial charge >= 0.3 is 0 Å². The lowest BCUT2D eigenvalue weighted by atomic mass is 10.2. The Morgan fingerprint density at radius 3 is 2.94 bits per heavy atom. The van der Waals surface area contributed by atoms with Crippen molar-refractivity contribution >= 4 is 15.9 Å². The summed E-state index contributed by atoms with van der Waals surface area (Å²) in [6.45, 7) is 5.97. The van der Waals surface area contributed by atoms with E-state index in [1.807, 2.05) is 18.3 Å². The van der Waals surface area contributed by atoms with Gasteiger partial charge in [0.05, 0.1) is 17.6 Å². The second-order valence-corrected chi connectivity index (χ2v) is 5.15. The van der Waals surface area contributed by atoms with E-state index in [4.69, 9.17) is 0 Å². The Morgan fingerprint density at radius 1 is 1.39 bits per heavy atom. The van der Waals surface area contributed by atoms with E-state index in [1.165, 1.54) is 0 Å². The van der Waals surface area contributed by atoms with Gasteiger partial charge in [-0.15, -0.1) is 0 Å². The molecule has 0 aliphatic rings. The Morgan fingerprint density at radius 2 is 2.22 bits per heavy atom. The first-order valence-electron chi connectivity index (χ1n) is 6.09. The SMILES string of the molecule is CCCNCc1cnn(-c2ccc(Br)cc2C)n1. The van der Waals surface area contributed by atoms with Gasteiger partial charge in [-0.1, -0.05) is 22.9 Å². The largest absolute Gasteiger partial charge is 0.311 e. The summed E-state index contributed by atoms with van der Waals surface area (Å²) in [4.78, 5) is 1.69. The molecule has 4 nitrogen and oxygen atoms in total. The molecule has 0 aliphatic heterocycles. The summed E-state index contributed by atoms with van der Waals surface area (Å²) in [5.74, 6) is 0. The quantitative estimate of drug-likeness (QED) is 0.864. The monoisotopic (exact) mass is 308 g/mol. The minimum Gasteiger partial charge on any atom is -0.311 e. The smallest absolute Gasteiger partial charge is 0.0969 e. The van der Waals surface area contributed by atoms with Crippen molar-refractivity contribution in [3.05, 3.63) is 40.1 Å². The van der Waals surface area contributed by atoms with Crippen molar-refractivity contribution in [3.63, 3.8) is 0 Å². The minimum atomic E-state index is 0.767. The molecule has 2 rings (SSSR count). The lowest BCUT2D eigenvalue weighted by Gasteiger charge is -2.04. The molecule has 0 unspecified atom stereocenters. The summed E-state index contributed by atoms with van der Waals surface area (Å²) in [6.07, 6.45) is 2.93. The maximum absolute atomic E-state index is 4.47. The van der Waals surface area contributed by atoms with Crippen molar-refractivity contribution < 1.29 is 0 Å². The highest BCUT2D eigenvalue weighted by Gasteiger charge is 2.05. The Hall–Kier alpha value is -1.20. The van der Waals surface area contributed by atoms with Crippen molar-refractivity contribution in [2.45, 2.75) is 26.8 Å². The fraction of sp³-hybridized carbons (Fsp3) is 0.385. The molecule has 0 amide bonds. The Kier molecular flexibility index (Phi) is 4.49. The maximum Gasteiger partial charge on any atom is 0.0969 e. The van der Waals surface area contributed by atoms with Gasteiger partial charge < -0.3 is 5.32 Å². The summed E-state index contributed by atoms with van der Waals surface area (Å²) in [6, 6.07) is 6.08. The van der Waals surface area contributed by atoms with Crippen LogP contribution in [-0.2, 0) is 6.54 Å². The van der Waals surface area contributed by atoms with Gasteiger partial charge in [0.25, 0.3) is 0 Å². The normalized spacial score (nSPS) is 10.8. The topological polar surface area (TPSA) is 42.7 Å². The fourth-order valence-electron chi connectivity index (χ4n) is 1.73. The number of nitrogens with zero attached hydrogens (tertiary/aromatic N) is 3. The third-order valence-corrected chi connectivity index (χ3v) is 3.14. The predicted octanol–water partition coefficient (Wildman–Crippen LogP) is 2.84. The molecule has 0 spiro atoms. The molecule has 18 heavy (non-hydrogen) atoms. The van der Waals surface area contributed by atoms with Crippen LogP contribution < -0.4 is 5.32 Å². The summed E-state index contributed by atoms with van der Waals surface area (Å²) in [5, 5.41) is 12.1. The van der Waals surface area contributed by atoms with E-state index in [1.54, 1.807) is 4.80 Å². The number of hydrogen-bond acceptors (Lipinski definition) is 3. The van der Waals surface area contributed by atoms with E-state index in [0.717, 1.165) is 40.9 Å². The number of rotatable bonds is 5. The fourth-order valence-corrected chi connectivity index (χ4v) is 2.20. The van der Waals surface area contributed by atoms with Gasteiger partial charge in [0.2, 0.25) is 0 Å². The van der Waals surface area contributed by atoms with Crippen LogP contribution in [-0.4, -0.2) is 21.5 Å². The van der Waals surface area contributed by atoms with E-state index >= 15 is 0 Å². The average Bonchev–Trinajstić information content (AvgIpc) is 2.78. The molecule has 0 saturated carbocycles. The zero-order valence-corrected chi connectivity index (χ0v) is 12.2. The lowest BCUT2D eigenvalue weighted by Crippen LogP contribution is -2.14. The Balaban J connectivity index is 2.13. The van der Waals surface area contributed by atoms with E-state index < -0.39 is 0 Å². The van der Waals surface area contributed by atoms with Crippen LogP contribution in [0.2, 0.25) is 0 Å². The molecule has 0 fully saturated rings. The predicted molar refractivity (Wildman–Crippen MR) is 75.8 cm³/mol. The van der Waals surface area contributed by atoms with Gasteiger partial charge in [0, 0.05) is 11.0 Å². The lowest BCUT2D eigenvalue weighted by molar-refractivity contribution is 0.651. The van der Waals surface area contributed by atoms with Crippen LogP contribution in [0.4, 0.5) is 0 Å². The second kappa shape index (κ2) is 6.11.